The van der Waals surface area contributed by atoms with Gasteiger partial charge in [0, 0.05) is 48.7 Å². The molecule has 0 amide bonds. The van der Waals surface area contributed by atoms with Crippen molar-refractivity contribution in [3.8, 4) is 11.4 Å². The van der Waals surface area contributed by atoms with Gasteiger partial charge >= 0.3 is 58.0 Å². The zero-order valence-electron chi connectivity index (χ0n) is 20.6. The van der Waals surface area contributed by atoms with Gasteiger partial charge in [-0.3, -0.25) is 5.10 Å². The number of carboxylic acid groups (broad SMARTS) is 1. The Bertz CT molecular complexity index is 1310. The van der Waals surface area contributed by atoms with Crippen LogP contribution >= 0.6 is 0 Å². The molecule has 1 aliphatic carbocycles. The van der Waals surface area contributed by atoms with Crippen molar-refractivity contribution < 1.29 is 79.3 Å². The third-order valence-corrected chi connectivity index (χ3v) is 6.51. The maximum Gasteiger partial charge on any atom is 1.00 e. The van der Waals surface area contributed by atoms with Gasteiger partial charge in [-0.15, -0.1) is 0 Å². The minimum atomic E-state index is -3.29. The second kappa shape index (κ2) is 11.4. The summed E-state index contributed by atoms with van der Waals surface area (Å²) in [6.45, 7) is 1.36. The molecule has 2 aromatic heterocycles. The van der Waals surface area contributed by atoms with Gasteiger partial charge in [0.05, 0.1) is 17.4 Å². The standard InChI is InChI=1S/C23H24F3N7O3.K/c1-12-14-4-5-15-19(29-30-20(15)21(34)35)18(14)28-23(27-12)33(36-22(25)26)17-11-13(3-6-16(17)24)32-9-7-31(2)8-10-32;/h3,6,11,22H,4-5,7-10H2,1-2H3,(H,29,30)(H,34,35);/q;+1/p-1. The number of aromatic carboxylic acids is 1. The van der Waals surface area contributed by atoms with E-state index < -0.39 is 18.4 Å². The number of H-pyrrole nitrogens is 1. The van der Waals surface area contributed by atoms with Crippen molar-refractivity contribution in [2.75, 3.05) is 43.2 Å². The summed E-state index contributed by atoms with van der Waals surface area (Å²) in [4.78, 5) is 29.1. The van der Waals surface area contributed by atoms with E-state index in [1.807, 2.05) is 11.9 Å². The summed E-state index contributed by atoms with van der Waals surface area (Å²) in [6, 6.07) is 4.20. The van der Waals surface area contributed by atoms with E-state index in [4.69, 9.17) is 4.84 Å². The molecule has 1 aliphatic heterocycles. The van der Waals surface area contributed by atoms with Crippen LogP contribution in [0.4, 0.5) is 30.5 Å². The van der Waals surface area contributed by atoms with Gasteiger partial charge in [-0.2, -0.15) is 23.8 Å². The van der Waals surface area contributed by atoms with Crippen molar-refractivity contribution in [3.05, 3.63) is 46.5 Å². The summed E-state index contributed by atoms with van der Waals surface area (Å²) >= 11 is 0. The van der Waals surface area contributed by atoms with Crippen molar-refractivity contribution in [1.29, 1.82) is 0 Å². The normalized spacial score (nSPS) is 15.2. The van der Waals surface area contributed by atoms with Crippen molar-refractivity contribution in [3.63, 3.8) is 0 Å². The van der Waals surface area contributed by atoms with Crippen LogP contribution in [0.15, 0.2) is 18.2 Å². The third kappa shape index (κ3) is 5.55. The van der Waals surface area contributed by atoms with Crippen molar-refractivity contribution in [2.45, 2.75) is 26.4 Å². The number of alkyl halides is 2. The summed E-state index contributed by atoms with van der Waals surface area (Å²) in [5.41, 5.74) is 2.26. The first-order chi connectivity index (χ1) is 17.2. The van der Waals surface area contributed by atoms with Crippen molar-refractivity contribution >= 4 is 23.3 Å². The number of rotatable bonds is 6. The molecule has 190 valence electrons. The quantitative estimate of drug-likeness (QED) is 0.305. The molecule has 0 saturated carbocycles. The van der Waals surface area contributed by atoms with E-state index in [9.17, 15) is 18.7 Å². The number of aromatic amines is 1. The van der Waals surface area contributed by atoms with Gasteiger partial charge in [-0.25, -0.2) is 14.4 Å². The minimum absolute atomic E-state index is 0. The number of aromatic nitrogens is 4. The average molecular weight is 542 g/mol. The Morgan fingerprint density at radius 3 is 2.51 bits per heavy atom. The molecule has 0 atom stereocenters. The molecule has 1 fully saturated rings. The monoisotopic (exact) mass is 541 g/mol. The van der Waals surface area contributed by atoms with Crippen molar-refractivity contribution in [2.24, 2.45) is 0 Å². The SMILES string of the molecule is Cc1nc(N(OC(F)F)c2cc(N3CCN(C)CC3)ccc2F)nc2c1CCc1c-2n[nH]c1C(=O)[O-].[K+]. The number of nitrogens with zero attached hydrogens (tertiary/aromatic N) is 6. The Balaban J connectivity index is 0.00000320. The zero-order valence-corrected chi connectivity index (χ0v) is 23.7. The molecule has 1 aromatic carbocycles. The number of piperazine rings is 1. The Kier molecular flexibility index (Phi) is 8.57. The van der Waals surface area contributed by atoms with Crippen LogP contribution in [-0.4, -0.2) is 70.9 Å². The molecule has 0 bridgehead atoms. The van der Waals surface area contributed by atoms with Crippen LogP contribution in [0.3, 0.4) is 0 Å². The molecular weight excluding hydrogens is 518 g/mol. The maximum absolute atomic E-state index is 15.0. The van der Waals surface area contributed by atoms with Crippen LogP contribution in [0.25, 0.3) is 11.4 Å². The molecule has 0 radical (unpaired) electrons. The summed E-state index contributed by atoms with van der Waals surface area (Å²) in [5.74, 6) is -2.54. The maximum atomic E-state index is 15.0. The molecule has 14 heteroatoms. The van der Waals surface area contributed by atoms with Gasteiger partial charge < -0.3 is 19.7 Å². The number of benzene rings is 1. The molecule has 1 N–H and O–H groups in total. The number of likely N-dealkylation sites (N-methyl/N-ethyl adjacent to an activating group) is 1. The van der Waals surface area contributed by atoms with Crippen LogP contribution in [0.2, 0.25) is 0 Å². The predicted octanol–water partition coefficient (Wildman–Crippen LogP) is -1.18. The van der Waals surface area contributed by atoms with E-state index in [1.165, 1.54) is 12.1 Å². The fourth-order valence-corrected chi connectivity index (χ4v) is 4.60. The number of hydrogen-bond acceptors (Lipinski definition) is 9. The van der Waals surface area contributed by atoms with E-state index in [2.05, 4.69) is 25.1 Å². The summed E-state index contributed by atoms with van der Waals surface area (Å²) in [7, 11) is 2.00. The van der Waals surface area contributed by atoms with Crippen LogP contribution in [0.5, 0.6) is 0 Å². The number of fused-ring (bicyclic) bond motifs is 3. The topological polar surface area (TPSA) is 114 Å². The molecule has 5 rings (SSSR count). The van der Waals surface area contributed by atoms with Gasteiger partial charge in [-0.05, 0) is 45.0 Å². The van der Waals surface area contributed by atoms with Crippen LogP contribution in [-0.2, 0) is 17.7 Å². The first-order valence-corrected chi connectivity index (χ1v) is 11.4. The fourth-order valence-electron chi connectivity index (χ4n) is 4.60. The van der Waals surface area contributed by atoms with E-state index in [0.29, 0.717) is 53.5 Å². The number of anilines is 3. The molecule has 0 spiro atoms. The molecule has 1 saturated heterocycles. The van der Waals surface area contributed by atoms with Crippen LogP contribution in [0.1, 0.15) is 27.3 Å². The van der Waals surface area contributed by atoms with Crippen molar-refractivity contribution in [1.82, 2.24) is 25.1 Å². The molecule has 3 aromatic rings. The van der Waals surface area contributed by atoms with Crippen LogP contribution in [0, 0.1) is 12.7 Å². The largest absolute Gasteiger partial charge is 1.00 e. The third-order valence-electron chi connectivity index (χ3n) is 6.51. The molecule has 37 heavy (non-hydrogen) atoms. The van der Waals surface area contributed by atoms with Gasteiger partial charge in [-0.1, -0.05) is 0 Å². The molecular formula is C23H23F3KN7O3. The van der Waals surface area contributed by atoms with E-state index in [1.54, 1.807) is 13.0 Å². The molecule has 3 heterocycles. The summed E-state index contributed by atoms with van der Waals surface area (Å²) < 4.78 is 42.0. The Hall–Kier alpha value is -2.07. The van der Waals surface area contributed by atoms with E-state index in [-0.39, 0.29) is 80.1 Å². The molecule has 2 aliphatic rings. The number of carboxylic acids is 1. The predicted molar refractivity (Wildman–Crippen MR) is 121 cm³/mol. The second-order valence-corrected chi connectivity index (χ2v) is 8.74. The zero-order chi connectivity index (χ0) is 25.6. The van der Waals surface area contributed by atoms with Crippen LogP contribution < -0.4 is 66.5 Å². The molecule has 10 nitrogen and oxygen atoms in total. The summed E-state index contributed by atoms with van der Waals surface area (Å²) in [5, 5.41) is 18.5. The Morgan fingerprint density at radius 2 is 1.84 bits per heavy atom. The number of aryl methyl sites for hydroxylation is 1. The van der Waals surface area contributed by atoms with Gasteiger partial charge in [0.15, 0.2) is 0 Å². The first kappa shape index (κ1) is 27.9. The van der Waals surface area contributed by atoms with E-state index >= 15 is 4.39 Å². The number of halogens is 3. The fraction of sp³-hybridized carbons (Fsp3) is 0.391. The Morgan fingerprint density at radius 1 is 1.14 bits per heavy atom. The minimum Gasteiger partial charge on any atom is -0.543 e. The Labute approximate surface area is 253 Å². The van der Waals surface area contributed by atoms with Gasteiger partial charge in [0.2, 0.25) is 0 Å². The first-order valence-electron chi connectivity index (χ1n) is 11.4. The van der Waals surface area contributed by atoms with Gasteiger partial charge in [0.1, 0.15) is 17.2 Å². The summed E-state index contributed by atoms with van der Waals surface area (Å²) in [6.07, 6.45) is 0.780. The number of carbonyl (C=O) groups excluding carboxylic acids is 1. The average Bonchev–Trinajstić information content (AvgIpc) is 3.28. The number of nitrogens with one attached hydrogen (secondary N) is 1. The molecule has 0 unspecified atom stereocenters. The van der Waals surface area contributed by atoms with E-state index in [0.717, 1.165) is 13.1 Å². The number of hydrogen-bond donors (Lipinski definition) is 1. The second-order valence-electron chi connectivity index (χ2n) is 8.74. The van der Waals surface area contributed by atoms with Gasteiger partial charge in [0.25, 0.3) is 5.95 Å². The number of carbonyl (C=O) groups is 1. The smallest absolute Gasteiger partial charge is 0.543 e.